The van der Waals surface area contributed by atoms with E-state index in [0.717, 1.165) is 12.8 Å². The molecule has 0 amide bonds. The van der Waals surface area contributed by atoms with Gasteiger partial charge in [-0.05, 0) is 35.4 Å². The summed E-state index contributed by atoms with van der Waals surface area (Å²) in [5.74, 6) is -0.0796. The van der Waals surface area contributed by atoms with Crippen LogP contribution in [0.5, 0.6) is 0 Å². The molecule has 0 unspecified atom stereocenters. The van der Waals surface area contributed by atoms with Crippen molar-refractivity contribution < 1.29 is 4.79 Å². The summed E-state index contributed by atoms with van der Waals surface area (Å²) in [6.45, 7) is 6.39. The number of rotatable bonds is 4. The first-order valence-corrected chi connectivity index (χ1v) is 5.99. The fourth-order valence-corrected chi connectivity index (χ4v) is 2.02. The fourth-order valence-electron chi connectivity index (χ4n) is 1.87. The lowest BCUT2D eigenvalue weighted by Crippen LogP contribution is -2.20. The highest BCUT2D eigenvalue weighted by Gasteiger charge is 2.23. The monoisotopic (exact) mass is 238 g/mol. The van der Waals surface area contributed by atoms with Crippen molar-refractivity contribution in [2.45, 2.75) is 33.6 Å². The van der Waals surface area contributed by atoms with Crippen LogP contribution in [0.25, 0.3) is 0 Å². The van der Waals surface area contributed by atoms with Crippen molar-refractivity contribution in [1.82, 2.24) is 0 Å². The van der Waals surface area contributed by atoms with Crippen molar-refractivity contribution in [3.8, 4) is 0 Å². The SMILES string of the molecule is CC(C)(C)C[C@@H](Cc1ccccc1)C(=O)Cl. The summed E-state index contributed by atoms with van der Waals surface area (Å²) in [7, 11) is 0. The molecule has 0 aromatic heterocycles. The molecule has 0 heterocycles. The molecule has 0 saturated carbocycles. The molecule has 1 aromatic rings. The van der Waals surface area contributed by atoms with Crippen LogP contribution in [0.4, 0.5) is 0 Å². The van der Waals surface area contributed by atoms with Crippen molar-refractivity contribution in [3.63, 3.8) is 0 Å². The van der Waals surface area contributed by atoms with Gasteiger partial charge in [-0.25, -0.2) is 0 Å². The van der Waals surface area contributed by atoms with E-state index in [4.69, 9.17) is 11.6 Å². The van der Waals surface area contributed by atoms with Crippen LogP contribution >= 0.6 is 11.6 Å². The number of hydrogen-bond acceptors (Lipinski definition) is 1. The zero-order valence-electron chi connectivity index (χ0n) is 10.2. The predicted molar refractivity (Wildman–Crippen MR) is 68.6 cm³/mol. The van der Waals surface area contributed by atoms with Gasteiger partial charge in [0, 0.05) is 5.92 Å². The minimum Gasteiger partial charge on any atom is -0.281 e. The van der Waals surface area contributed by atoms with Crippen LogP contribution in [0.15, 0.2) is 30.3 Å². The maximum Gasteiger partial charge on any atom is 0.225 e. The summed E-state index contributed by atoms with van der Waals surface area (Å²) >= 11 is 5.66. The molecule has 0 bridgehead atoms. The first-order valence-electron chi connectivity index (χ1n) is 5.62. The topological polar surface area (TPSA) is 17.1 Å². The van der Waals surface area contributed by atoms with Gasteiger partial charge in [-0.3, -0.25) is 4.79 Å². The third-order valence-electron chi connectivity index (χ3n) is 2.50. The minimum atomic E-state index is -0.223. The van der Waals surface area contributed by atoms with Crippen molar-refractivity contribution in [2.75, 3.05) is 0 Å². The van der Waals surface area contributed by atoms with E-state index in [2.05, 4.69) is 20.8 Å². The quantitative estimate of drug-likeness (QED) is 0.724. The molecule has 88 valence electrons. The minimum absolute atomic E-state index is 0.0796. The van der Waals surface area contributed by atoms with E-state index < -0.39 is 0 Å². The Labute approximate surface area is 103 Å². The molecule has 0 aliphatic heterocycles. The molecule has 2 heteroatoms. The van der Waals surface area contributed by atoms with E-state index in [1.165, 1.54) is 5.56 Å². The highest BCUT2D eigenvalue weighted by Crippen LogP contribution is 2.28. The van der Waals surface area contributed by atoms with Crippen LogP contribution in [0, 0.1) is 11.3 Å². The third-order valence-corrected chi connectivity index (χ3v) is 2.81. The molecule has 0 N–H and O–H groups in total. The van der Waals surface area contributed by atoms with E-state index in [-0.39, 0.29) is 16.6 Å². The van der Waals surface area contributed by atoms with E-state index in [0.29, 0.717) is 0 Å². The van der Waals surface area contributed by atoms with Crippen LogP contribution in [0.3, 0.4) is 0 Å². The summed E-state index contributed by atoms with van der Waals surface area (Å²) in [6.07, 6.45) is 1.56. The molecule has 0 radical (unpaired) electrons. The largest absolute Gasteiger partial charge is 0.281 e. The number of benzene rings is 1. The van der Waals surface area contributed by atoms with Crippen molar-refractivity contribution in [3.05, 3.63) is 35.9 Å². The average Bonchev–Trinajstić information content (AvgIpc) is 2.16. The third kappa shape index (κ3) is 4.80. The van der Waals surface area contributed by atoms with Gasteiger partial charge in [0.25, 0.3) is 0 Å². The van der Waals surface area contributed by atoms with Gasteiger partial charge in [-0.2, -0.15) is 0 Å². The second-order valence-electron chi connectivity index (χ2n) is 5.46. The van der Waals surface area contributed by atoms with Gasteiger partial charge in [-0.1, -0.05) is 51.1 Å². The van der Waals surface area contributed by atoms with Gasteiger partial charge in [0.2, 0.25) is 5.24 Å². The first kappa shape index (κ1) is 13.2. The highest BCUT2D eigenvalue weighted by atomic mass is 35.5. The summed E-state index contributed by atoms with van der Waals surface area (Å²) in [5, 5.41) is -0.223. The fraction of sp³-hybridized carbons (Fsp3) is 0.500. The Kier molecular flexibility index (Phi) is 4.55. The molecule has 0 spiro atoms. The summed E-state index contributed by atoms with van der Waals surface area (Å²) in [4.78, 5) is 11.4. The Morgan fingerprint density at radius 2 is 1.81 bits per heavy atom. The molecule has 1 atom stereocenters. The van der Waals surface area contributed by atoms with Crippen molar-refractivity contribution in [2.24, 2.45) is 11.3 Å². The second-order valence-corrected chi connectivity index (χ2v) is 5.83. The van der Waals surface area contributed by atoms with Crippen LogP contribution in [-0.2, 0) is 11.2 Å². The molecule has 16 heavy (non-hydrogen) atoms. The number of carbonyl (C=O) groups is 1. The molecule has 1 nitrogen and oxygen atoms in total. The van der Waals surface area contributed by atoms with Crippen LogP contribution < -0.4 is 0 Å². The lowest BCUT2D eigenvalue weighted by Gasteiger charge is -2.23. The summed E-state index contributed by atoms with van der Waals surface area (Å²) in [6, 6.07) is 10.0. The molecule has 0 fully saturated rings. The second kappa shape index (κ2) is 5.49. The van der Waals surface area contributed by atoms with E-state index in [9.17, 15) is 4.79 Å². The standard InChI is InChI=1S/C14H19ClO/c1-14(2,3)10-12(13(15)16)9-11-7-5-4-6-8-11/h4-8,12H,9-10H2,1-3H3/t12-/m1/s1. The zero-order valence-corrected chi connectivity index (χ0v) is 10.9. The smallest absolute Gasteiger partial charge is 0.225 e. The molecule has 0 aliphatic carbocycles. The number of hydrogen-bond donors (Lipinski definition) is 0. The van der Waals surface area contributed by atoms with E-state index in [1.54, 1.807) is 0 Å². The van der Waals surface area contributed by atoms with E-state index >= 15 is 0 Å². The normalized spacial score (nSPS) is 13.5. The Balaban J connectivity index is 2.70. The maximum absolute atomic E-state index is 11.4. The van der Waals surface area contributed by atoms with Crippen LogP contribution in [-0.4, -0.2) is 5.24 Å². The lowest BCUT2D eigenvalue weighted by molar-refractivity contribution is -0.115. The van der Waals surface area contributed by atoms with Crippen LogP contribution in [0.2, 0.25) is 0 Å². The van der Waals surface area contributed by atoms with Gasteiger partial charge in [0.1, 0.15) is 0 Å². The lowest BCUT2D eigenvalue weighted by atomic mass is 9.82. The zero-order chi connectivity index (χ0) is 12.2. The Morgan fingerprint density at radius 1 is 1.25 bits per heavy atom. The predicted octanol–water partition coefficient (Wildman–Crippen LogP) is 4.05. The summed E-state index contributed by atoms with van der Waals surface area (Å²) < 4.78 is 0. The van der Waals surface area contributed by atoms with Gasteiger partial charge in [-0.15, -0.1) is 0 Å². The molecule has 1 rings (SSSR count). The maximum atomic E-state index is 11.4. The molecular weight excluding hydrogens is 220 g/mol. The van der Waals surface area contributed by atoms with Gasteiger partial charge in [0.05, 0.1) is 0 Å². The molecule has 0 saturated heterocycles. The molecule has 0 aliphatic rings. The Bertz CT molecular complexity index is 338. The first-order chi connectivity index (χ1) is 7.38. The van der Waals surface area contributed by atoms with Gasteiger partial charge >= 0.3 is 0 Å². The Morgan fingerprint density at radius 3 is 2.25 bits per heavy atom. The number of carbonyl (C=O) groups excluding carboxylic acids is 1. The highest BCUT2D eigenvalue weighted by molar-refractivity contribution is 6.64. The van der Waals surface area contributed by atoms with Gasteiger partial charge in [0.15, 0.2) is 0 Å². The summed E-state index contributed by atoms with van der Waals surface area (Å²) in [5.41, 5.74) is 1.30. The average molecular weight is 239 g/mol. The van der Waals surface area contributed by atoms with Gasteiger partial charge < -0.3 is 0 Å². The van der Waals surface area contributed by atoms with Crippen LogP contribution in [0.1, 0.15) is 32.8 Å². The van der Waals surface area contributed by atoms with Crippen molar-refractivity contribution in [1.29, 1.82) is 0 Å². The molecule has 1 aromatic carbocycles. The molecular formula is C14H19ClO. The Hall–Kier alpha value is -0.820. The van der Waals surface area contributed by atoms with Crippen molar-refractivity contribution >= 4 is 16.8 Å². The number of halogens is 1. The van der Waals surface area contributed by atoms with E-state index in [1.807, 2.05) is 30.3 Å².